The van der Waals surface area contributed by atoms with Crippen molar-refractivity contribution >= 4 is 7.14 Å². The van der Waals surface area contributed by atoms with Crippen LogP contribution in [0.3, 0.4) is 0 Å². The SMILES string of the molecule is CC1=CCCC(P(C)(C)=O)=C1. The fourth-order valence-corrected chi connectivity index (χ4v) is 2.45. The van der Waals surface area contributed by atoms with Gasteiger partial charge in [-0.1, -0.05) is 17.7 Å². The molecular weight excluding hydrogens is 155 g/mol. The second-order valence-corrected chi connectivity index (χ2v) is 6.75. The molecule has 0 spiro atoms. The van der Waals surface area contributed by atoms with Gasteiger partial charge in [-0.15, -0.1) is 0 Å². The van der Waals surface area contributed by atoms with Gasteiger partial charge in [0.15, 0.2) is 0 Å². The molecule has 0 saturated heterocycles. The topological polar surface area (TPSA) is 17.1 Å². The van der Waals surface area contributed by atoms with Crippen LogP contribution in [-0.4, -0.2) is 13.3 Å². The molecule has 1 aliphatic carbocycles. The Balaban J connectivity index is 2.91. The van der Waals surface area contributed by atoms with E-state index < -0.39 is 7.14 Å². The van der Waals surface area contributed by atoms with Crippen LogP contribution in [0.15, 0.2) is 23.0 Å². The molecule has 0 amide bonds. The fraction of sp³-hybridized carbons (Fsp3) is 0.556. The molecule has 0 N–H and O–H groups in total. The summed E-state index contributed by atoms with van der Waals surface area (Å²) in [6.07, 6.45) is 6.31. The Morgan fingerprint density at radius 2 is 2.09 bits per heavy atom. The quantitative estimate of drug-likeness (QED) is 0.552. The van der Waals surface area contributed by atoms with Crippen molar-refractivity contribution in [3.8, 4) is 0 Å². The highest BCUT2D eigenvalue weighted by atomic mass is 31.2. The molecule has 0 heterocycles. The van der Waals surface area contributed by atoms with Crippen molar-refractivity contribution in [1.29, 1.82) is 0 Å². The number of rotatable bonds is 1. The summed E-state index contributed by atoms with van der Waals surface area (Å²) < 4.78 is 11.6. The summed E-state index contributed by atoms with van der Waals surface area (Å²) in [7, 11) is -1.96. The molecule has 0 unspecified atom stereocenters. The molecule has 11 heavy (non-hydrogen) atoms. The Morgan fingerprint density at radius 1 is 1.45 bits per heavy atom. The minimum Gasteiger partial charge on any atom is -0.320 e. The first-order valence-corrected chi connectivity index (χ1v) is 6.53. The third-order valence-electron chi connectivity index (χ3n) is 1.95. The van der Waals surface area contributed by atoms with Gasteiger partial charge < -0.3 is 4.57 Å². The summed E-state index contributed by atoms with van der Waals surface area (Å²) in [5, 5.41) is 1.15. The van der Waals surface area contributed by atoms with Crippen molar-refractivity contribution in [2.24, 2.45) is 0 Å². The normalized spacial score (nSPS) is 19.2. The Kier molecular flexibility index (Phi) is 2.39. The third-order valence-corrected chi connectivity index (χ3v) is 3.69. The van der Waals surface area contributed by atoms with Crippen molar-refractivity contribution < 1.29 is 4.57 Å². The van der Waals surface area contributed by atoms with E-state index in [2.05, 4.69) is 19.1 Å². The van der Waals surface area contributed by atoms with E-state index in [0.717, 1.165) is 18.2 Å². The van der Waals surface area contributed by atoms with Gasteiger partial charge >= 0.3 is 0 Å². The van der Waals surface area contributed by atoms with Crippen LogP contribution in [0.4, 0.5) is 0 Å². The van der Waals surface area contributed by atoms with Gasteiger partial charge in [-0.3, -0.25) is 0 Å². The van der Waals surface area contributed by atoms with E-state index in [1.54, 1.807) is 0 Å². The van der Waals surface area contributed by atoms with Crippen LogP contribution in [0.2, 0.25) is 0 Å². The van der Waals surface area contributed by atoms with Crippen LogP contribution in [-0.2, 0) is 4.57 Å². The maximum absolute atomic E-state index is 11.6. The minimum absolute atomic E-state index is 0.988. The van der Waals surface area contributed by atoms with Crippen LogP contribution in [0.1, 0.15) is 19.8 Å². The van der Waals surface area contributed by atoms with E-state index >= 15 is 0 Å². The predicted octanol–water partition coefficient (Wildman–Crippen LogP) is 3.23. The van der Waals surface area contributed by atoms with E-state index in [0.29, 0.717) is 0 Å². The monoisotopic (exact) mass is 170 g/mol. The van der Waals surface area contributed by atoms with Crippen LogP contribution in [0, 0.1) is 0 Å². The maximum Gasteiger partial charge on any atom is 0.106 e. The minimum atomic E-state index is -1.96. The molecule has 0 atom stereocenters. The van der Waals surface area contributed by atoms with Crippen LogP contribution < -0.4 is 0 Å². The molecule has 2 heteroatoms. The fourth-order valence-electron chi connectivity index (χ4n) is 1.27. The third kappa shape index (κ3) is 2.34. The summed E-state index contributed by atoms with van der Waals surface area (Å²) in [5.74, 6) is 0. The summed E-state index contributed by atoms with van der Waals surface area (Å²) in [6.45, 7) is 5.75. The molecule has 0 aromatic rings. The molecule has 0 fully saturated rings. The summed E-state index contributed by atoms with van der Waals surface area (Å²) in [4.78, 5) is 0. The smallest absolute Gasteiger partial charge is 0.106 e. The van der Waals surface area contributed by atoms with E-state index in [9.17, 15) is 4.57 Å². The summed E-state index contributed by atoms with van der Waals surface area (Å²) in [5.41, 5.74) is 1.26. The zero-order valence-corrected chi connectivity index (χ0v) is 8.32. The Labute approximate surface area is 68.6 Å². The summed E-state index contributed by atoms with van der Waals surface area (Å²) in [6, 6.07) is 0. The lowest BCUT2D eigenvalue weighted by Crippen LogP contribution is -1.90. The molecule has 0 saturated carbocycles. The van der Waals surface area contributed by atoms with Crippen molar-refractivity contribution in [3.63, 3.8) is 0 Å². The van der Waals surface area contributed by atoms with Crippen molar-refractivity contribution in [3.05, 3.63) is 23.0 Å². The van der Waals surface area contributed by atoms with Crippen molar-refractivity contribution in [2.75, 3.05) is 13.3 Å². The van der Waals surface area contributed by atoms with Crippen molar-refractivity contribution in [2.45, 2.75) is 19.8 Å². The molecule has 0 radical (unpaired) electrons. The van der Waals surface area contributed by atoms with E-state index in [1.807, 2.05) is 13.3 Å². The van der Waals surface area contributed by atoms with E-state index in [-0.39, 0.29) is 0 Å². The zero-order valence-electron chi connectivity index (χ0n) is 7.42. The first-order valence-electron chi connectivity index (χ1n) is 3.93. The maximum atomic E-state index is 11.6. The highest BCUT2D eigenvalue weighted by Crippen LogP contribution is 2.49. The Hall–Kier alpha value is -0.290. The number of hydrogen-bond donors (Lipinski definition) is 0. The second-order valence-electron chi connectivity index (χ2n) is 3.47. The predicted molar refractivity (Wildman–Crippen MR) is 50.5 cm³/mol. The van der Waals surface area contributed by atoms with Crippen LogP contribution in [0.25, 0.3) is 0 Å². The molecule has 62 valence electrons. The molecule has 1 rings (SSSR count). The number of allylic oxidation sites excluding steroid dienone is 4. The molecular formula is C9H15OP. The van der Waals surface area contributed by atoms with E-state index in [1.165, 1.54) is 5.57 Å². The lowest BCUT2D eigenvalue weighted by molar-refractivity contribution is 0.585. The van der Waals surface area contributed by atoms with Gasteiger partial charge in [0.25, 0.3) is 0 Å². The zero-order chi connectivity index (χ0) is 8.48. The largest absolute Gasteiger partial charge is 0.320 e. The molecule has 1 nitrogen and oxygen atoms in total. The van der Waals surface area contributed by atoms with E-state index in [4.69, 9.17) is 0 Å². The first-order chi connectivity index (χ1) is 5.00. The van der Waals surface area contributed by atoms with Crippen LogP contribution >= 0.6 is 7.14 Å². The average molecular weight is 170 g/mol. The average Bonchev–Trinajstić information content (AvgIpc) is 1.86. The highest BCUT2D eigenvalue weighted by molar-refractivity contribution is 7.66. The van der Waals surface area contributed by atoms with Crippen molar-refractivity contribution in [1.82, 2.24) is 0 Å². The highest BCUT2D eigenvalue weighted by Gasteiger charge is 2.15. The lowest BCUT2D eigenvalue weighted by atomic mass is 10.1. The molecule has 0 aromatic heterocycles. The van der Waals surface area contributed by atoms with Gasteiger partial charge in [0, 0.05) is 0 Å². The van der Waals surface area contributed by atoms with Gasteiger partial charge in [0.2, 0.25) is 0 Å². The van der Waals surface area contributed by atoms with Gasteiger partial charge in [-0.25, -0.2) is 0 Å². The summed E-state index contributed by atoms with van der Waals surface area (Å²) >= 11 is 0. The van der Waals surface area contributed by atoms with Gasteiger partial charge in [-0.2, -0.15) is 0 Å². The number of hydrogen-bond acceptors (Lipinski definition) is 1. The Bertz CT molecular complexity index is 255. The van der Waals surface area contributed by atoms with Gasteiger partial charge in [-0.05, 0) is 38.4 Å². The Morgan fingerprint density at radius 3 is 2.45 bits per heavy atom. The lowest BCUT2D eigenvalue weighted by Gasteiger charge is -2.15. The van der Waals surface area contributed by atoms with Crippen LogP contribution in [0.5, 0.6) is 0 Å². The standard InChI is InChI=1S/C9H15OP/c1-8-5-4-6-9(7-8)11(2,3)10/h5,7H,4,6H2,1-3H3. The van der Waals surface area contributed by atoms with Gasteiger partial charge in [0.05, 0.1) is 0 Å². The molecule has 0 bridgehead atoms. The first kappa shape index (κ1) is 8.80. The van der Waals surface area contributed by atoms with Gasteiger partial charge in [0.1, 0.15) is 7.14 Å². The molecule has 0 aliphatic heterocycles. The molecule has 1 aliphatic rings. The second kappa shape index (κ2) is 2.98. The molecule has 0 aromatic carbocycles.